The summed E-state index contributed by atoms with van der Waals surface area (Å²) in [7, 11) is 10.7. The molecule has 0 unspecified atom stereocenters. The average molecular weight is 223 g/mol. The maximum Gasteiger partial charge on any atom is 0.0187 e. The van der Waals surface area contributed by atoms with E-state index in [0.29, 0.717) is 0 Å². The van der Waals surface area contributed by atoms with Gasteiger partial charge in [0.1, 0.15) is 0 Å². The van der Waals surface area contributed by atoms with E-state index in [4.69, 9.17) is 0 Å². The van der Waals surface area contributed by atoms with Gasteiger partial charge >= 0.3 is 0 Å². The van der Waals surface area contributed by atoms with Crippen molar-refractivity contribution in [3.63, 3.8) is 0 Å². The Morgan fingerprint density at radius 3 is 1.56 bits per heavy atom. The van der Waals surface area contributed by atoms with Gasteiger partial charge in [-0.2, -0.15) is 0 Å². The van der Waals surface area contributed by atoms with Crippen LogP contribution < -0.4 is 0 Å². The summed E-state index contributed by atoms with van der Waals surface area (Å²) in [5.74, 6) is 0. The molecule has 0 atom stereocenters. The highest BCUT2D eigenvalue weighted by Crippen LogP contribution is 2.09. The second kappa shape index (κ2) is 6.06. The van der Waals surface area contributed by atoms with Crippen LogP contribution in [-0.4, -0.2) is 55.6 Å². The molecule has 0 aliphatic rings. The van der Waals surface area contributed by atoms with Crippen LogP contribution in [-0.2, 0) is 19.9 Å². The van der Waals surface area contributed by atoms with Crippen LogP contribution in [0.2, 0.25) is 0 Å². The summed E-state index contributed by atoms with van der Waals surface area (Å²) in [6.07, 6.45) is 2.26. The number of rotatable bonds is 6. The van der Waals surface area contributed by atoms with Gasteiger partial charge in [0.15, 0.2) is 0 Å². The molecule has 0 fully saturated rings. The molecule has 0 saturated heterocycles. The van der Waals surface area contributed by atoms with E-state index >= 15 is 0 Å². The van der Waals surface area contributed by atoms with Crippen LogP contribution in [0.1, 0.15) is 11.4 Å². The fraction of sp³-hybridized carbons (Fsp3) is 0.692. The summed E-state index contributed by atoms with van der Waals surface area (Å²) in [5, 5.41) is 0. The minimum atomic E-state index is 1.12. The smallest absolute Gasteiger partial charge is 0.0187 e. The largest absolute Gasteiger partial charge is 0.352 e. The molecule has 1 aromatic rings. The monoisotopic (exact) mass is 223 g/mol. The lowest BCUT2D eigenvalue weighted by Crippen LogP contribution is -2.18. The fourth-order valence-corrected chi connectivity index (χ4v) is 1.78. The van der Waals surface area contributed by atoms with E-state index in [1.165, 1.54) is 11.4 Å². The van der Waals surface area contributed by atoms with E-state index in [1.807, 2.05) is 0 Å². The minimum Gasteiger partial charge on any atom is -0.352 e. The Kier molecular flexibility index (Phi) is 5.03. The van der Waals surface area contributed by atoms with Crippen molar-refractivity contribution >= 4 is 0 Å². The molecule has 0 aromatic carbocycles. The Hall–Kier alpha value is -0.800. The van der Waals surface area contributed by atoms with E-state index < -0.39 is 0 Å². The molecule has 1 heterocycles. The zero-order valence-corrected chi connectivity index (χ0v) is 11.3. The van der Waals surface area contributed by atoms with Crippen LogP contribution in [0.4, 0.5) is 0 Å². The molecule has 0 N–H and O–H groups in total. The molecule has 0 radical (unpaired) electrons. The lowest BCUT2D eigenvalue weighted by molar-refractivity contribution is 0.404. The standard InChI is InChI=1S/C13H25N3/c1-14(2)10-8-12-6-7-13(16(12)5)9-11-15(3)4/h6-7H,8-11H2,1-5H3. The Labute approximate surface area is 99.7 Å². The predicted molar refractivity (Wildman–Crippen MR) is 69.9 cm³/mol. The quantitative estimate of drug-likeness (QED) is 0.719. The highest BCUT2D eigenvalue weighted by molar-refractivity contribution is 5.16. The van der Waals surface area contributed by atoms with Crippen molar-refractivity contribution in [3.05, 3.63) is 23.5 Å². The van der Waals surface area contributed by atoms with Crippen molar-refractivity contribution in [2.24, 2.45) is 7.05 Å². The van der Waals surface area contributed by atoms with E-state index in [-0.39, 0.29) is 0 Å². The van der Waals surface area contributed by atoms with Gasteiger partial charge < -0.3 is 14.4 Å². The van der Waals surface area contributed by atoms with Gasteiger partial charge in [-0.3, -0.25) is 0 Å². The topological polar surface area (TPSA) is 11.4 Å². The van der Waals surface area contributed by atoms with Gasteiger partial charge in [0.05, 0.1) is 0 Å². The Balaban J connectivity index is 2.54. The first-order chi connectivity index (χ1) is 7.50. The molecule has 0 spiro atoms. The third-order valence-electron chi connectivity index (χ3n) is 2.96. The lowest BCUT2D eigenvalue weighted by Gasteiger charge is -2.13. The first-order valence-electron chi connectivity index (χ1n) is 5.93. The maximum atomic E-state index is 2.34. The van der Waals surface area contributed by atoms with Crippen molar-refractivity contribution in [1.82, 2.24) is 14.4 Å². The number of hydrogen-bond acceptors (Lipinski definition) is 2. The first kappa shape index (κ1) is 13.3. The van der Waals surface area contributed by atoms with Gasteiger partial charge in [-0.15, -0.1) is 0 Å². The van der Waals surface area contributed by atoms with Crippen molar-refractivity contribution < 1.29 is 0 Å². The molecule has 3 heteroatoms. The molecule has 0 saturated carbocycles. The van der Waals surface area contributed by atoms with E-state index in [2.05, 4.69) is 61.7 Å². The highest BCUT2D eigenvalue weighted by atomic mass is 15.1. The molecule has 92 valence electrons. The predicted octanol–water partition coefficient (Wildman–Crippen LogP) is 1.23. The fourth-order valence-electron chi connectivity index (χ4n) is 1.78. The van der Waals surface area contributed by atoms with Crippen molar-refractivity contribution in [3.8, 4) is 0 Å². The van der Waals surface area contributed by atoms with Crippen molar-refractivity contribution in [2.75, 3.05) is 41.3 Å². The van der Waals surface area contributed by atoms with Crippen molar-refractivity contribution in [1.29, 1.82) is 0 Å². The minimum absolute atomic E-state index is 1.12. The molecule has 1 rings (SSSR count). The van der Waals surface area contributed by atoms with Crippen LogP contribution in [0.15, 0.2) is 12.1 Å². The third-order valence-corrected chi connectivity index (χ3v) is 2.96. The normalized spacial score (nSPS) is 11.7. The Morgan fingerprint density at radius 2 is 1.25 bits per heavy atom. The number of hydrogen-bond donors (Lipinski definition) is 0. The van der Waals surface area contributed by atoms with Gasteiger partial charge in [0, 0.05) is 44.4 Å². The lowest BCUT2D eigenvalue weighted by atomic mass is 10.3. The third kappa shape index (κ3) is 3.99. The molecular weight excluding hydrogens is 198 g/mol. The summed E-state index contributed by atoms with van der Waals surface area (Å²) in [6, 6.07) is 4.52. The average Bonchev–Trinajstić information content (AvgIpc) is 2.53. The molecule has 1 aromatic heterocycles. The highest BCUT2D eigenvalue weighted by Gasteiger charge is 2.05. The van der Waals surface area contributed by atoms with E-state index in [1.54, 1.807) is 0 Å². The van der Waals surface area contributed by atoms with Gasteiger partial charge in [0.2, 0.25) is 0 Å². The molecule has 0 bridgehead atoms. The van der Waals surface area contributed by atoms with E-state index in [9.17, 15) is 0 Å². The molecule has 3 nitrogen and oxygen atoms in total. The van der Waals surface area contributed by atoms with Crippen LogP contribution in [0, 0.1) is 0 Å². The SMILES string of the molecule is CN(C)CCc1ccc(CCN(C)C)n1C. The first-order valence-corrected chi connectivity index (χ1v) is 5.93. The second-order valence-corrected chi connectivity index (χ2v) is 4.98. The second-order valence-electron chi connectivity index (χ2n) is 4.98. The summed E-state index contributed by atoms with van der Waals surface area (Å²) >= 11 is 0. The van der Waals surface area contributed by atoms with Gasteiger partial charge in [0.25, 0.3) is 0 Å². The summed E-state index contributed by atoms with van der Waals surface area (Å²) < 4.78 is 2.34. The summed E-state index contributed by atoms with van der Waals surface area (Å²) in [6.45, 7) is 2.23. The molecule has 0 aliphatic carbocycles. The van der Waals surface area contributed by atoms with Crippen LogP contribution in [0.25, 0.3) is 0 Å². The Morgan fingerprint density at radius 1 is 0.875 bits per heavy atom. The van der Waals surface area contributed by atoms with Gasteiger partial charge in [-0.1, -0.05) is 0 Å². The molecule has 16 heavy (non-hydrogen) atoms. The van der Waals surface area contributed by atoms with Crippen LogP contribution in [0.3, 0.4) is 0 Å². The van der Waals surface area contributed by atoms with E-state index in [0.717, 1.165) is 25.9 Å². The van der Waals surface area contributed by atoms with Gasteiger partial charge in [-0.25, -0.2) is 0 Å². The van der Waals surface area contributed by atoms with Crippen LogP contribution in [0.5, 0.6) is 0 Å². The summed E-state index contributed by atoms with van der Waals surface area (Å²) in [5.41, 5.74) is 2.87. The molecule has 0 aliphatic heterocycles. The number of nitrogens with zero attached hydrogens (tertiary/aromatic N) is 3. The van der Waals surface area contributed by atoms with Crippen LogP contribution >= 0.6 is 0 Å². The number of likely N-dealkylation sites (N-methyl/N-ethyl adjacent to an activating group) is 2. The van der Waals surface area contributed by atoms with Gasteiger partial charge in [-0.05, 0) is 40.3 Å². The maximum absolute atomic E-state index is 2.34. The molecule has 0 amide bonds. The van der Waals surface area contributed by atoms with Crippen molar-refractivity contribution in [2.45, 2.75) is 12.8 Å². The zero-order valence-electron chi connectivity index (χ0n) is 11.3. The zero-order chi connectivity index (χ0) is 12.1. The number of aromatic nitrogens is 1. The molecular formula is C13H25N3. The Bertz CT molecular complexity index is 283. The summed E-state index contributed by atoms with van der Waals surface area (Å²) in [4.78, 5) is 4.46.